The summed E-state index contributed by atoms with van der Waals surface area (Å²) in [5, 5.41) is 14.2. The summed E-state index contributed by atoms with van der Waals surface area (Å²) in [6.07, 6.45) is 3.93. The van der Waals surface area contributed by atoms with E-state index in [1.165, 1.54) is 13.2 Å². The van der Waals surface area contributed by atoms with E-state index < -0.39 is 17.9 Å². The first-order chi connectivity index (χ1) is 14.0. The third-order valence-corrected chi connectivity index (χ3v) is 4.17. The standard InChI is InChI=1S/C22H24N2O5/c1-29-20(26)14-11-16-9-12-17(13-10-16)19(8-5-15-25)23-22(28)24-21(27)18-6-3-2-4-7-18/h2-4,6-7,9-14,19,25H,5,8,15H2,1H3,(H2,23,24,27,28). The minimum absolute atomic E-state index is 0.0112. The second-order valence-electron chi connectivity index (χ2n) is 6.24. The SMILES string of the molecule is COC(=O)C=Cc1ccc(C(CCCO)NC(=O)NC(=O)c2ccccc2)cc1. The van der Waals surface area contributed by atoms with Crippen molar-refractivity contribution < 1.29 is 24.2 Å². The molecule has 0 radical (unpaired) electrons. The Hall–Kier alpha value is -3.45. The van der Waals surface area contributed by atoms with E-state index in [-0.39, 0.29) is 12.6 Å². The molecule has 2 aromatic rings. The number of esters is 1. The number of aliphatic hydroxyl groups excluding tert-OH is 1. The van der Waals surface area contributed by atoms with E-state index >= 15 is 0 Å². The fourth-order valence-corrected chi connectivity index (χ4v) is 2.65. The number of urea groups is 1. The van der Waals surface area contributed by atoms with Crippen molar-refractivity contribution in [3.05, 3.63) is 77.4 Å². The molecule has 0 bridgehead atoms. The Bertz CT molecular complexity index is 847. The highest BCUT2D eigenvalue weighted by Crippen LogP contribution is 2.19. The number of aliphatic hydroxyl groups is 1. The molecule has 7 nitrogen and oxygen atoms in total. The maximum absolute atomic E-state index is 12.3. The number of amides is 3. The number of hydrogen-bond acceptors (Lipinski definition) is 5. The lowest BCUT2D eigenvalue weighted by Crippen LogP contribution is -2.41. The predicted octanol–water partition coefficient (Wildman–Crippen LogP) is 2.83. The summed E-state index contributed by atoms with van der Waals surface area (Å²) in [6, 6.07) is 14.7. The first-order valence-corrected chi connectivity index (χ1v) is 9.17. The first-order valence-electron chi connectivity index (χ1n) is 9.17. The Balaban J connectivity index is 2.04. The lowest BCUT2D eigenvalue weighted by atomic mass is 10.0. The van der Waals surface area contributed by atoms with Crippen molar-refractivity contribution in [3.63, 3.8) is 0 Å². The Morgan fingerprint density at radius 2 is 1.76 bits per heavy atom. The van der Waals surface area contributed by atoms with Gasteiger partial charge in [0.25, 0.3) is 5.91 Å². The highest BCUT2D eigenvalue weighted by molar-refractivity contribution is 6.04. The van der Waals surface area contributed by atoms with Crippen LogP contribution in [0.1, 0.15) is 40.4 Å². The quantitative estimate of drug-likeness (QED) is 0.470. The summed E-state index contributed by atoms with van der Waals surface area (Å²) < 4.78 is 4.55. The van der Waals surface area contributed by atoms with Crippen LogP contribution in [0, 0.1) is 0 Å². The van der Waals surface area contributed by atoms with Gasteiger partial charge in [0, 0.05) is 18.2 Å². The summed E-state index contributed by atoms with van der Waals surface area (Å²) in [4.78, 5) is 35.6. The molecule has 1 atom stereocenters. The fraction of sp³-hybridized carbons (Fsp3) is 0.227. The lowest BCUT2D eigenvalue weighted by Gasteiger charge is -2.19. The number of imide groups is 1. The second kappa shape index (κ2) is 11.4. The largest absolute Gasteiger partial charge is 0.466 e. The van der Waals surface area contributed by atoms with Crippen LogP contribution >= 0.6 is 0 Å². The number of methoxy groups -OCH3 is 1. The van der Waals surface area contributed by atoms with Gasteiger partial charge in [0.15, 0.2) is 0 Å². The molecule has 0 aliphatic heterocycles. The lowest BCUT2D eigenvalue weighted by molar-refractivity contribution is -0.134. The van der Waals surface area contributed by atoms with Gasteiger partial charge in [0.05, 0.1) is 13.2 Å². The van der Waals surface area contributed by atoms with Crippen LogP contribution < -0.4 is 10.6 Å². The number of benzene rings is 2. The molecule has 7 heteroatoms. The third kappa shape index (κ3) is 7.23. The van der Waals surface area contributed by atoms with Gasteiger partial charge >= 0.3 is 12.0 Å². The zero-order valence-corrected chi connectivity index (χ0v) is 16.1. The number of ether oxygens (including phenoxy) is 1. The number of rotatable bonds is 8. The molecule has 0 fully saturated rings. The maximum atomic E-state index is 12.3. The van der Waals surface area contributed by atoms with Crippen molar-refractivity contribution in [2.45, 2.75) is 18.9 Å². The van der Waals surface area contributed by atoms with Crippen molar-refractivity contribution in [1.82, 2.24) is 10.6 Å². The average molecular weight is 396 g/mol. The molecule has 0 saturated carbocycles. The summed E-state index contributed by atoms with van der Waals surface area (Å²) in [7, 11) is 1.31. The van der Waals surface area contributed by atoms with Crippen LogP contribution in [0.5, 0.6) is 0 Å². The van der Waals surface area contributed by atoms with Gasteiger partial charge in [-0.05, 0) is 42.2 Å². The minimum atomic E-state index is -0.614. The van der Waals surface area contributed by atoms with Gasteiger partial charge in [-0.3, -0.25) is 10.1 Å². The van der Waals surface area contributed by atoms with Crippen LogP contribution in [0.2, 0.25) is 0 Å². The number of hydrogen-bond donors (Lipinski definition) is 3. The van der Waals surface area contributed by atoms with Gasteiger partial charge in [0.2, 0.25) is 0 Å². The molecule has 152 valence electrons. The Morgan fingerprint density at radius 3 is 2.38 bits per heavy atom. The van der Waals surface area contributed by atoms with Crippen LogP contribution in [-0.2, 0) is 9.53 Å². The van der Waals surface area contributed by atoms with Gasteiger partial charge in [-0.1, -0.05) is 42.5 Å². The summed E-state index contributed by atoms with van der Waals surface area (Å²) in [6.45, 7) is -0.0112. The molecule has 3 N–H and O–H groups in total. The molecule has 0 heterocycles. The van der Waals surface area contributed by atoms with Crippen molar-refractivity contribution in [1.29, 1.82) is 0 Å². The van der Waals surface area contributed by atoms with Crippen molar-refractivity contribution in [2.75, 3.05) is 13.7 Å². The van der Waals surface area contributed by atoms with Gasteiger partial charge in [-0.25, -0.2) is 9.59 Å². The van der Waals surface area contributed by atoms with E-state index in [9.17, 15) is 14.4 Å². The molecule has 2 rings (SSSR count). The molecule has 1 unspecified atom stereocenters. The van der Waals surface area contributed by atoms with Crippen LogP contribution in [0.3, 0.4) is 0 Å². The molecular formula is C22H24N2O5. The van der Waals surface area contributed by atoms with E-state index in [4.69, 9.17) is 5.11 Å². The number of carbonyl (C=O) groups excluding carboxylic acids is 3. The Labute approximate surface area is 169 Å². The van der Waals surface area contributed by atoms with Crippen molar-refractivity contribution in [3.8, 4) is 0 Å². The topological polar surface area (TPSA) is 105 Å². The number of nitrogens with one attached hydrogen (secondary N) is 2. The smallest absolute Gasteiger partial charge is 0.330 e. The highest BCUT2D eigenvalue weighted by Gasteiger charge is 2.16. The van der Waals surface area contributed by atoms with E-state index in [2.05, 4.69) is 15.4 Å². The molecule has 0 saturated heterocycles. The normalized spacial score (nSPS) is 11.7. The van der Waals surface area contributed by atoms with Crippen LogP contribution in [0.25, 0.3) is 6.08 Å². The van der Waals surface area contributed by atoms with Gasteiger partial charge < -0.3 is 15.2 Å². The van der Waals surface area contributed by atoms with E-state index in [1.54, 1.807) is 48.5 Å². The highest BCUT2D eigenvalue weighted by atomic mass is 16.5. The molecule has 0 aromatic heterocycles. The third-order valence-electron chi connectivity index (χ3n) is 4.17. The van der Waals surface area contributed by atoms with Gasteiger partial charge in [-0.2, -0.15) is 0 Å². The molecular weight excluding hydrogens is 372 g/mol. The Morgan fingerprint density at radius 1 is 1.07 bits per heavy atom. The van der Waals surface area contributed by atoms with Crippen molar-refractivity contribution >= 4 is 24.0 Å². The summed E-state index contributed by atoms with van der Waals surface area (Å²) in [5.74, 6) is -0.941. The minimum Gasteiger partial charge on any atom is -0.466 e. The summed E-state index contributed by atoms with van der Waals surface area (Å²) >= 11 is 0. The van der Waals surface area contributed by atoms with E-state index in [0.29, 0.717) is 18.4 Å². The molecule has 0 aliphatic carbocycles. The maximum Gasteiger partial charge on any atom is 0.330 e. The van der Waals surface area contributed by atoms with Gasteiger partial charge in [-0.15, -0.1) is 0 Å². The average Bonchev–Trinajstić information content (AvgIpc) is 2.75. The number of carbonyl (C=O) groups is 3. The molecule has 29 heavy (non-hydrogen) atoms. The molecule has 3 amide bonds. The molecule has 2 aromatic carbocycles. The fourth-order valence-electron chi connectivity index (χ4n) is 2.65. The zero-order valence-electron chi connectivity index (χ0n) is 16.1. The van der Waals surface area contributed by atoms with Gasteiger partial charge in [0.1, 0.15) is 0 Å². The predicted molar refractivity (Wildman–Crippen MR) is 109 cm³/mol. The molecule has 0 spiro atoms. The second-order valence-corrected chi connectivity index (χ2v) is 6.24. The summed E-state index contributed by atoms with van der Waals surface area (Å²) in [5.41, 5.74) is 2.00. The monoisotopic (exact) mass is 396 g/mol. The van der Waals surface area contributed by atoms with E-state index in [0.717, 1.165) is 11.1 Å². The first kappa shape index (κ1) is 21.8. The van der Waals surface area contributed by atoms with Crippen molar-refractivity contribution in [2.24, 2.45) is 0 Å². The zero-order chi connectivity index (χ0) is 21.1. The molecule has 0 aliphatic rings. The van der Waals surface area contributed by atoms with Crippen LogP contribution in [-0.4, -0.2) is 36.7 Å². The van der Waals surface area contributed by atoms with Crippen LogP contribution in [0.4, 0.5) is 4.79 Å². The Kier molecular flexibility index (Phi) is 8.59. The van der Waals surface area contributed by atoms with E-state index in [1.807, 2.05) is 12.1 Å². The van der Waals surface area contributed by atoms with Crippen LogP contribution in [0.15, 0.2) is 60.7 Å².